The minimum absolute atomic E-state index is 0.0904. The zero-order valence-electron chi connectivity index (χ0n) is 6.84. The van der Waals surface area contributed by atoms with E-state index in [1.807, 2.05) is 0 Å². The van der Waals surface area contributed by atoms with Gasteiger partial charge in [-0.15, -0.1) is 0 Å². The summed E-state index contributed by atoms with van der Waals surface area (Å²) >= 11 is 4.38. The van der Waals surface area contributed by atoms with Crippen LogP contribution in [0.4, 0.5) is 0 Å². The monoisotopic (exact) mass is 173 g/mol. The molecule has 1 amide bonds. The molecule has 1 N–H and O–H groups in total. The molecular formula is C8H15NOS. The van der Waals surface area contributed by atoms with Crippen molar-refractivity contribution in [3.05, 3.63) is 0 Å². The van der Waals surface area contributed by atoms with Crippen LogP contribution in [0.15, 0.2) is 0 Å². The number of amides is 1. The Kier molecular flexibility index (Phi) is 3.24. The van der Waals surface area contributed by atoms with Gasteiger partial charge in [0.05, 0.1) is 0 Å². The highest BCUT2D eigenvalue weighted by atomic mass is 32.1. The quantitative estimate of drug-likeness (QED) is 0.576. The molecule has 11 heavy (non-hydrogen) atoms. The van der Waals surface area contributed by atoms with Gasteiger partial charge in [0.2, 0.25) is 5.91 Å². The predicted octanol–water partition coefficient (Wildman–Crippen LogP) is 1.36. The first-order valence-electron chi connectivity index (χ1n) is 4.13. The fourth-order valence-corrected chi connectivity index (χ4v) is 1.81. The van der Waals surface area contributed by atoms with Crippen molar-refractivity contribution >= 4 is 18.5 Å². The van der Waals surface area contributed by atoms with E-state index >= 15 is 0 Å². The third-order valence-corrected chi connectivity index (χ3v) is 2.62. The minimum atomic E-state index is 0.0904. The van der Waals surface area contributed by atoms with Gasteiger partial charge in [0, 0.05) is 18.2 Å². The summed E-state index contributed by atoms with van der Waals surface area (Å²) < 4.78 is 0. The van der Waals surface area contributed by atoms with E-state index in [1.54, 1.807) is 6.92 Å². The lowest BCUT2D eigenvalue weighted by atomic mass is 9.95. The Hall–Kier alpha value is -0.180. The Morgan fingerprint density at radius 2 is 1.91 bits per heavy atom. The highest BCUT2D eigenvalue weighted by Gasteiger charge is 2.18. The van der Waals surface area contributed by atoms with E-state index in [0.717, 1.165) is 25.7 Å². The summed E-state index contributed by atoms with van der Waals surface area (Å²) in [5.74, 6) is 0.0904. The molecule has 1 aliphatic rings. The van der Waals surface area contributed by atoms with E-state index in [-0.39, 0.29) is 5.91 Å². The molecular weight excluding hydrogens is 158 g/mol. The van der Waals surface area contributed by atoms with Crippen molar-refractivity contribution in [2.45, 2.75) is 43.9 Å². The lowest BCUT2D eigenvalue weighted by molar-refractivity contribution is -0.119. The fraction of sp³-hybridized carbons (Fsp3) is 0.875. The molecule has 0 spiro atoms. The SMILES string of the molecule is CC(=O)N[C@H]1CC[C@H](S)CC1. The second-order valence-electron chi connectivity index (χ2n) is 3.21. The molecule has 64 valence electrons. The van der Waals surface area contributed by atoms with E-state index in [9.17, 15) is 4.79 Å². The van der Waals surface area contributed by atoms with Crippen LogP contribution in [0.2, 0.25) is 0 Å². The molecule has 0 aliphatic heterocycles. The number of hydrogen-bond acceptors (Lipinski definition) is 2. The first kappa shape index (κ1) is 8.91. The van der Waals surface area contributed by atoms with Gasteiger partial charge in [0.15, 0.2) is 0 Å². The average molecular weight is 173 g/mol. The zero-order valence-corrected chi connectivity index (χ0v) is 7.73. The molecule has 0 aromatic heterocycles. The zero-order chi connectivity index (χ0) is 8.27. The number of thiol groups is 1. The third-order valence-electron chi connectivity index (χ3n) is 2.10. The van der Waals surface area contributed by atoms with Gasteiger partial charge in [0.1, 0.15) is 0 Å². The Morgan fingerprint density at radius 3 is 2.36 bits per heavy atom. The highest BCUT2D eigenvalue weighted by molar-refractivity contribution is 7.80. The fourth-order valence-electron chi connectivity index (χ4n) is 1.51. The summed E-state index contributed by atoms with van der Waals surface area (Å²) in [6, 6.07) is 0.413. The Balaban J connectivity index is 2.22. The molecule has 3 heteroatoms. The van der Waals surface area contributed by atoms with Crippen LogP contribution in [0.3, 0.4) is 0 Å². The summed E-state index contributed by atoms with van der Waals surface area (Å²) in [5, 5.41) is 3.48. The molecule has 1 saturated carbocycles. The predicted molar refractivity (Wildman–Crippen MR) is 48.8 cm³/mol. The molecule has 0 atom stereocenters. The Morgan fingerprint density at radius 1 is 1.36 bits per heavy atom. The summed E-state index contributed by atoms with van der Waals surface area (Å²) in [4.78, 5) is 10.7. The average Bonchev–Trinajstić information content (AvgIpc) is 1.93. The van der Waals surface area contributed by atoms with Crippen molar-refractivity contribution in [2.75, 3.05) is 0 Å². The standard InChI is InChI=1S/C8H15NOS/c1-6(10)9-7-2-4-8(11)5-3-7/h7-8,11H,2-5H2,1H3,(H,9,10)/t7-,8-. The van der Waals surface area contributed by atoms with Crippen LogP contribution in [0.1, 0.15) is 32.6 Å². The lowest BCUT2D eigenvalue weighted by Gasteiger charge is -2.25. The number of rotatable bonds is 1. The topological polar surface area (TPSA) is 29.1 Å². The van der Waals surface area contributed by atoms with Crippen molar-refractivity contribution in [1.82, 2.24) is 5.32 Å². The van der Waals surface area contributed by atoms with Gasteiger partial charge >= 0.3 is 0 Å². The third kappa shape index (κ3) is 3.14. The van der Waals surface area contributed by atoms with E-state index < -0.39 is 0 Å². The number of carbonyl (C=O) groups excluding carboxylic acids is 1. The second kappa shape index (κ2) is 4.00. The number of nitrogens with one attached hydrogen (secondary N) is 1. The van der Waals surface area contributed by atoms with Crippen LogP contribution in [-0.2, 0) is 4.79 Å². The van der Waals surface area contributed by atoms with Gasteiger partial charge in [0.25, 0.3) is 0 Å². The van der Waals surface area contributed by atoms with Crippen LogP contribution >= 0.6 is 12.6 Å². The number of hydrogen-bond donors (Lipinski definition) is 2. The van der Waals surface area contributed by atoms with Gasteiger partial charge in [-0.1, -0.05) is 0 Å². The maximum absolute atomic E-state index is 10.7. The first-order chi connectivity index (χ1) is 5.18. The number of carbonyl (C=O) groups is 1. The van der Waals surface area contributed by atoms with Crippen LogP contribution in [-0.4, -0.2) is 17.2 Å². The van der Waals surface area contributed by atoms with Gasteiger partial charge in [-0.2, -0.15) is 12.6 Å². The van der Waals surface area contributed by atoms with Crippen molar-refractivity contribution in [3.8, 4) is 0 Å². The van der Waals surface area contributed by atoms with Crippen molar-refractivity contribution in [2.24, 2.45) is 0 Å². The summed E-state index contributed by atoms with van der Waals surface area (Å²) in [6.45, 7) is 1.58. The molecule has 0 unspecified atom stereocenters. The normalized spacial score (nSPS) is 31.5. The van der Waals surface area contributed by atoms with E-state index in [2.05, 4.69) is 17.9 Å². The largest absolute Gasteiger partial charge is 0.354 e. The van der Waals surface area contributed by atoms with Crippen LogP contribution in [0, 0.1) is 0 Å². The summed E-state index contributed by atoms with van der Waals surface area (Å²) in [7, 11) is 0. The molecule has 0 aromatic rings. The maximum Gasteiger partial charge on any atom is 0.217 e. The smallest absolute Gasteiger partial charge is 0.217 e. The van der Waals surface area contributed by atoms with Crippen LogP contribution in [0.5, 0.6) is 0 Å². The van der Waals surface area contributed by atoms with Crippen molar-refractivity contribution in [1.29, 1.82) is 0 Å². The van der Waals surface area contributed by atoms with Gasteiger partial charge in [-0.05, 0) is 25.7 Å². The van der Waals surface area contributed by atoms with E-state index in [4.69, 9.17) is 0 Å². The molecule has 1 rings (SSSR count). The Bertz CT molecular complexity index is 141. The minimum Gasteiger partial charge on any atom is -0.354 e. The van der Waals surface area contributed by atoms with Gasteiger partial charge < -0.3 is 5.32 Å². The Labute approximate surface area is 73.2 Å². The highest BCUT2D eigenvalue weighted by Crippen LogP contribution is 2.22. The van der Waals surface area contributed by atoms with Gasteiger partial charge in [-0.3, -0.25) is 4.79 Å². The maximum atomic E-state index is 10.7. The lowest BCUT2D eigenvalue weighted by Crippen LogP contribution is -2.36. The van der Waals surface area contributed by atoms with Crippen molar-refractivity contribution < 1.29 is 4.79 Å². The van der Waals surface area contributed by atoms with E-state index in [1.165, 1.54) is 0 Å². The van der Waals surface area contributed by atoms with E-state index in [0.29, 0.717) is 11.3 Å². The van der Waals surface area contributed by atoms with Gasteiger partial charge in [-0.25, -0.2) is 0 Å². The molecule has 1 fully saturated rings. The molecule has 2 nitrogen and oxygen atoms in total. The molecule has 0 aromatic carbocycles. The van der Waals surface area contributed by atoms with Crippen molar-refractivity contribution in [3.63, 3.8) is 0 Å². The summed E-state index contributed by atoms with van der Waals surface area (Å²) in [5.41, 5.74) is 0. The molecule has 0 bridgehead atoms. The van der Waals surface area contributed by atoms with Crippen LogP contribution < -0.4 is 5.32 Å². The molecule has 0 radical (unpaired) electrons. The molecule has 1 aliphatic carbocycles. The molecule has 0 saturated heterocycles. The first-order valence-corrected chi connectivity index (χ1v) is 4.65. The van der Waals surface area contributed by atoms with Crippen LogP contribution in [0.25, 0.3) is 0 Å². The second-order valence-corrected chi connectivity index (χ2v) is 3.94. The summed E-state index contributed by atoms with van der Waals surface area (Å²) in [6.07, 6.45) is 4.45. The molecule has 0 heterocycles.